The lowest BCUT2D eigenvalue weighted by atomic mass is 10.1. The Labute approximate surface area is 116 Å². The van der Waals surface area contributed by atoms with E-state index >= 15 is 0 Å². The van der Waals surface area contributed by atoms with Crippen LogP contribution in [0.15, 0.2) is 30.6 Å². The Morgan fingerprint density at radius 3 is 3.05 bits per heavy atom. The molecule has 0 aliphatic carbocycles. The lowest BCUT2D eigenvalue weighted by Crippen LogP contribution is -2.20. The van der Waals surface area contributed by atoms with Crippen molar-refractivity contribution in [2.75, 3.05) is 6.54 Å². The van der Waals surface area contributed by atoms with E-state index in [1.807, 2.05) is 13.0 Å². The molecule has 0 radical (unpaired) electrons. The fraction of sp³-hybridized carbons (Fsp3) is 0.385. The van der Waals surface area contributed by atoms with Gasteiger partial charge in [-0.05, 0) is 25.5 Å². The van der Waals surface area contributed by atoms with Gasteiger partial charge in [-0.25, -0.2) is 4.98 Å². The number of nitro benzene ring substituents is 1. The fourth-order valence-electron chi connectivity index (χ4n) is 1.95. The quantitative estimate of drug-likeness (QED) is 0.457. The van der Waals surface area contributed by atoms with E-state index in [2.05, 4.69) is 20.5 Å². The number of aromatic amines is 1. The second kappa shape index (κ2) is 6.76. The summed E-state index contributed by atoms with van der Waals surface area (Å²) in [5, 5.41) is 20.7. The van der Waals surface area contributed by atoms with Crippen LogP contribution in [0.5, 0.6) is 0 Å². The molecular formula is C13H17N5O2. The van der Waals surface area contributed by atoms with Crippen molar-refractivity contribution in [3.8, 4) is 0 Å². The van der Waals surface area contributed by atoms with Crippen LogP contribution in [-0.4, -0.2) is 26.6 Å². The maximum absolute atomic E-state index is 10.7. The van der Waals surface area contributed by atoms with E-state index in [0.29, 0.717) is 0 Å². The minimum absolute atomic E-state index is 0.0737. The van der Waals surface area contributed by atoms with Gasteiger partial charge in [0, 0.05) is 24.6 Å². The van der Waals surface area contributed by atoms with Crippen molar-refractivity contribution >= 4 is 5.69 Å². The molecule has 1 aromatic carbocycles. The van der Waals surface area contributed by atoms with Crippen LogP contribution in [-0.2, 0) is 6.42 Å². The van der Waals surface area contributed by atoms with Crippen LogP contribution in [0.3, 0.4) is 0 Å². The third kappa shape index (κ3) is 3.86. The summed E-state index contributed by atoms with van der Waals surface area (Å²) in [5.74, 6) is 0.870. The van der Waals surface area contributed by atoms with Crippen LogP contribution < -0.4 is 5.32 Å². The van der Waals surface area contributed by atoms with E-state index in [1.165, 1.54) is 12.4 Å². The number of nitrogens with zero attached hydrogens (tertiary/aromatic N) is 3. The lowest BCUT2D eigenvalue weighted by Gasteiger charge is -2.13. The average molecular weight is 275 g/mol. The Morgan fingerprint density at radius 2 is 2.35 bits per heavy atom. The Bertz CT molecular complexity index is 556. The van der Waals surface area contributed by atoms with Crippen molar-refractivity contribution < 1.29 is 4.92 Å². The summed E-state index contributed by atoms with van der Waals surface area (Å²) >= 11 is 0. The maximum atomic E-state index is 10.7. The van der Waals surface area contributed by atoms with Gasteiger partial charge >= 0.3 is 0 Å². The molecule has 2 rings (SSSR count). The lowest BCUT2D eigenvalue weighted by molar-refractivity contribution is -0.384. The van der Waals surface area contributed by atoms with Crippen LogP contribution in [0.25, 0.3) is 0 Å². The molecule has 0 bridgehead atoms. The molecule has 1 aromatic heterocycles. The molecule has 1 heterocycles. The molecule has 0 aliphatic rings. The molecule has 7 nitrogen and oxygen atoms in total. The van der Waals surface area contributed by atoms with Crippen molar-refractivity contribution in [3.05, 3.63) is 52.1 Å². The molecule has 0 aliphatic heterocycles. The summed E-state index contributed by atoms with van der Waals surface area (Å²) in [7, 11) is 0. The Hall–Kier alpha value is -2.28. The Kier molecular flexibility index (Phi) is 4.78. The zero-order valence-electron chi connectivity index (χ0n) is 11.2. The molecule has 0 spiro atoms. The number of hydrogen-bond acceptors (Lipinski definition) is 5. The number of nitro groups is 1. The largest absolute Gasteiger partial charge is 0.310 e. The van der Waals surface area contributed by atoms with E-state index < -0.39 is 0 Å². The van der Waals surface area contributed by atoms with Crippen molar-refractivity contribution in [2.45, 2.75) is 25.8 Å². The number of aromatic nitrogens is 3. The third-order valence-corrected chi connectivity index (χ3v) is 3.09. The number of nitrogens with one attached hydrogen (secondary N) is 2. The number of rotatable bonds is 7. The van der Waals surface area contributed by atoms with Crippen molar-refractivity contribution in [1.29, 1.82) is 0 Å². The molecule has 1 atom stereocenters. The zero-order valence-corrected chi connectivity index (χ0v) is 11.2. The summed E-state index contributed by atoms with van der Waals surface area (Å²) in [6.07, 6.45) is 3.25. The number of hydrogen-bond donors (Lipinski definition) is 2. The molecule has 0 fully saturated rings. The highest BCUT2D eigenvalue weighted by Gasteiger charge is 2.10. The third-order valence-electron chi connectivity index (χ3n) is 3.09. The topological polar surface area (TPSA) is 96.7 Å². The second-order valence-corrected chi connectivity index (χ2v) is 4.56. The summed E-state index contributed by atoms with van der Waals surface area (Å²) < 4.78 is 0. The van der Waals surface area contributed by atoms with Crippen molar-refractivity contribution in [3.63, 3.8) is 0 Å². The molecule has 0 saturated carbocycles. The minimum atomic E-state index is -0.375. The smallest absolute Gasteiger partial charge is 0.269 e. The summed E-state index contributed by atoms with van der Waals surface area (Å²) in [4.78, 5) is 14.4. The van der Waals surface area contributed by atoms with Gasteiger partial charge in [0.25, 0.3) is 5.69 Å². The molecule has 2 N–H and O–H groups in total. The summed E-state index contributed by atoms with van der Waals surface area (Å²) in [6.45, 7) is 2.80. The second-order valence-electron chi connectivity index (χ2n) is 4.56. The van der Waals surface area contributed by atoms with Gasteiger partial charge in [0.15, 0.2) is 0 Å². The standard InChI is InChI=1S/C13H17N5O2/c1-10(11-4-2-5-12(8-11)18(19)20)14-7-3-6-13-15-9-16-17-13/h2,4-5,8-10,14H,3,6-7H2,1H3,(H,15,16,17). The van der Waals surface area contributed by atoms with Crippen molar-refractivity contribution in [1.82, 2.24) is 20.5 Å². The van der Waals surface area contributed by atoms with Crippen LogP contribution in [0.1, 0.15) is 30.8 Å². The average Bonchev–Trinajstić information content (AvgIpc) is 2.96. The molecule has 2 aromatic rings. The van der Waals surface area contributed by atoms with E-state index in [-0.39, 0.29) is 16.7 Å². The first-order valence-corrected chi connectivity index (χ1v) is 6.49. The highest BCUT2D eigenvalue weighted by atomic mass is 16.6. The number of H-pyrrole nitrogens is 1. The monoisotopic (exact) mass is 275 g/mol. The minimum Gasteiger partial charge on any atom is -0.310 e. The first kappa shape index (κ1) is 14.1. The first-order valence-electron chi connectivity index (χ1n) is 6.49. The van der Waals surface area contributed by atoms with Gasteiger partial charge in [-0.1, -0.05) is 12.1 Å². The number of aryl methyl sites for hydroxylation is 1. The Morgan fingerprint density at radius 1 is 1.50 bits per heavy atom. The summed E-state index contributed by atoms with van der Waals surface area (Å²) in [5.41, 5.74) is 1.04. The molecule has 7 heteroatoms. The molecule has 20 heavy (non-hydrogen) atoms. The molecule has 0 amide bonds. The predicted octanol–water partition coefficient (Wildman–Crippen LogP) is 2.00. The van der Waals surface area contributed by atoms with E-state index in [4.69, 9.17) is 0 Å². The highest BCUT2D eigenvalue weighted by molar-refractivity contribution is 5.35. The van der Waals surface area contributed by atoms with Gasteiger partial charge in [0.05, 0.1) is 4.92 Å². The van der Waals surface area contributed by atoms with Gasteiger partial charge in [-0.15, -0.1) is 0 Å². The van der Waals surface area contributed by atoms with Gasteiger partial charge in [-0.2, -0.15) is 5.10 Å². The van der Waals surface area contributed by atoms with E-state index in [9.17, 15) is 10.1 Å². The molecule has 106 valence electrons. The normalized spacial score (nSPS) is 12.2. The van der Waals surface area contributed by atoms with Crippen LogP contribution in [0.2, 0.25) is 0 Å². The van der Waals surface area contributed by atoms with Crippen LogP contribution in [0, 0.1) is 10.1 Å². The molecular weight excluding hydrogens is 258 g/mol. The van der Waals surface area contributed by atoms with Gasteiger partial charge in [0.1, 0.15) is 12.2 Å². The number of benzene rings is 1. The first-order chi connectivity index (χ1) is 9.66. The van der Waals surface area contributed by atoms with Crippen molar-refractivity contribution in [2.24, 2.45) is 0 Å². The van der Waals surface area contributed by atoms with Crippen LogP contribution >= 0.6 is 0 Å². The predicted molar refractivity (Wildman–Crippen MR) is 74.2 cm³/mol. The molecule has 1 unspecified atom stereocenters. The molecule has 0 saturated heterocycles. The van der Waals surface area contributed by atoms with Gasteiger partial charge < -0.3 is 5.32 Å². The maximum Gasteiger partial charge on any atom is 0.269 e. The van der Waals surface area contributed by atoms with E-state index in [1.54, 1.807) is 12.1 Å². The van der Waals surface area contributed by atoms with E-state index in [0.717, 1.165) is 30.8 Å². The SMILES string of the molecule is CC(NCCCc1ncn[nH]1)c1cccc([N+](=O)[O-])c1. The number of non-ortho nitro benzene ring substituents is 1. The highest BCUT2D eigenvalue weighted by Crippen LogP contribution is 2.18. The zero-order chi connectivity index (χ0) is 14.4. The van der Waals surface area contributed by atoms with Gasteiger partial charge in [0.2, 0.25) is 0 Å². The van der Waals surface area contributed by atoms with Crippen LogP contribution in [0.4, 0.5) is 5.69 Å². The summed E-state index contributed by atoms with van der Waals surface area (Å²) in [6, 6.07) is 6.78. The fourth-order valence-corrected chi connectivity index (χ4v) is 1.95. The van der Waals surface area contributed by atoms with Gasteiger partial charge in [-0.3, -0.25) is 15.2 Å². The Balaban J connectivity index is 1.80.